The van der Waals surface area contributed by atoms with Gasteiger partial charge in [0.2, 0.25) is 5.82 Å². The maximum atomic E-state index is 13.1. The van der Waals surface area contributed by atoms with E-state index in [1.165, 1.54) is 6.07 Å². The minimum atomic E-state index is -4.51. The molecule has 0 unspecified atom stereocenters. The summed E-state index contributed by atoms with van der Waals surface area (Å²) in [6.07, 6.45) is 0.328. The van der Waals surface area contributed by atoms with Crippen LogP contribution in [0.2, 0.25) is 0 Å². The normalized spacial score (nSPS) is 12.1. The van der Waals surface area contributed by atoms with Crippen molar-refractivity contribution in [3.8, 4) is 0 Å². The average molecular weight is 295 g/mol. The number of aromatic nitrogens is 4. The largest absolute Gasteiger partial charge is 0.449 e. The molecule has 110 valence electrons. The molecule has 8 heteroatoms. The summed E-state index contributed by atoms with van der Waals surface area (Å²) in [7, 11) is 0. The van der Waals surface area contributed by atoms with Crippen molar-refractivity contribution in [3.63, 3.8) is 0 Å². The van der Waals surface area contributed by atoms with Gasteiger partial charge < -0.3 is 14.9 Å². The van der Waals surface area contributed by atoms with E-state index in [9.17, 15) is 13.2 Å². The van der Waals surface area contributed by atoms with Crippen LogP contribution in [0.15, 0.2) is 36.9 Å². The van der Waals surface area contributed by atoms with Gasteiger partial charge in [-0.15, -0.1) is 0 Å². The SMILES string of the molecule is Nc1ccc2c(c1)nc(C(F)(F)F)n2CCn1ccnc1. The second-order valence-corrected chi connectivity index (χ2v) is 4.63. The molecule has 0 amide bonds. The molecule has 0 fully saturated rings. The third kappa shape index (κ3) is 2.56. The van der Waals surface area contributed by atoms with Gasteiger partial charge in [-0.1, -0.05) is 0 Å². The Kier molecular flexibility index (Phi) is 3.08. The molecule has 0 bridgehead atoms. The van der Waals surface area contributed by atoms with Crippen LogP contribution in [0, 0.1) is 0 Å². The van der Waals surface area contributed by atoms with Crippen LogP contribution in [0.4, 0.5) is 18.9 Å². The Labute approximate surface area is 117 Å². The van der Waals surface area contributed by atoms with E-state index in [1.54, 1.807) is 35.4 Å². The van der Waals surface area contributed by atoms with Gasteiger partial charge >= 0.3 is 6.18 Å². The van der Waals surface area contributed by atoms with Gasteiger partial charge in [0.05, 0.1) is 17.4 Å². The molecule has 2 heterocycles. The van der Waals surface area contributed by atoms with Crippen molar-refractivity contribution in [1.82, 2.24) is 19.1 Å². The highest BCUT2D eigenvalue weighted by atomic mass is 19.4. The van der Waals surface area contributed by atoms with Crippen molar-refractivity contribution in [2.75, 3.05) is 5.73 Å². The van der Waals surface area contributed by atoms with Gasteiger partial charge in [-0.05, 0) is 18.2 Å². The van der Waals surface area contributed by atoms with E-state index >= 15 is 0 Å². The van der Waals surface area contributed by atoms with E-state index in [2.05, 4.69) is 9.97 Å². The topological polar surface area (TPSA) is 61.7 Å². The van der Waals surface area contributed by atoms with Gasteiger partial charge in [0.1, 0.15) is 0 Å². The molecular weight excluding hydrogens is 283 g/mol. The van der Waals surface area contributed by atoms with Crippen LogP contribution in [-0.4, -0.2) is 19.1 Å². The number of hydrogen-bond donors (Lipinski definition) is 1. The molecule has 3 rings (SSSR count). The molecule has 0 atom stereocenters. The molecule has 0 saturated carbocycles. The molecule has 0 aliphatic heterocycles. The fourth-order valence-corrected chi connectivity index (χ4v) is 2.22. The second-order valence-electron chi connectivity index (χ2n) is 4.63. The number of halogens is 3. The summed E-state index contributed by atoms with van der Waals surface area (Å²) >= 11 is 0. The van der Waals surface area contributed by atoms with Crippen LogP contribution in [0.25, 0.3) is 11.0 Å². The molecule has 3 aromatic rings. The minimum Gasteiger partial charge on any atom is -0.399 e. The zero-order chi connectivity index (χ0) is 15.0. The lowest BCUT2D eigenvalue weighted by Gasteiger charge is -2.11. The second kappa shape index (κ2) is 4.80. The molecule has 0 spiro atoms. The van der Waals surface area contributed by atoms with E-state index < -0.39 is 12.0 Å². The standard InChI is InChI=1S/C13H12F3N5/c14-13(15,16)12-19-10-7-9(17)1-2-11(10)21(12)6-5-20-4-3-18-8-20/h1-4,7-8H,5-6,17H2. The van der Waals surface area contributed by atoms with Crippen molar-refractivity contribution in [3.05, 3.63) is 42.7 Å². The summed E-state index contributed by atoms with van der Waals surface area (Å²) < 4.78 is 42.2. The summed E-state index contributed by atoms with van der Waals surface area (Å²) in [6.45, 7) is 0.518. The van der Waals surface area contributed by atoms with Crippen LogP contribution in [0.5, 0.6) is 0 Å². The van der Waals surface area contributed by atoms with Crippen LogP contribution in [0.3, 0.4) is 0 Å². The summed E-state index contributed by atoms with van der Waals surface area (Å²) in [6, 6.07) is 4.57. The maximum absolute atomic E-state index is 13.1. The van der Waals surface area contributed by atoms with Gasteiger partial charge in [-0.25, -0.2) is 9.97 Å². The number of aryl methyl sites for hydroxylation is 2. The Hall–Kier alpha value is -2.51. The molecule has 2 aromatic heterocycles. The molecule has 21 heavy (non-hydrogen) atoms. The number of alkyl halides is 3. The lowest BCUT2D eigenvalue weighted by molar-refractivity contribution is -0.147. The smallest absolute Gasteiger partial charge is 0.399 e. The van der Waals surface area contributed by atoms with Gasteiger partial charge in [0.15, 0.2) is 0 Å². The number of rotatable bonds is 3. The molecular formula is C13H12F3N5. The van der Waals surface area contributed by atoms with Crippen molar-refractivity contribution in [2.45, 2.75) is 19.3 Å². The predicted octanol–water partition coefficient (Wildman–Crippen LogP) is 2.53. The number of imidazole rings is 2. The van der Waals surface area contributed by atoms with Crippen molar-refractivity contribution in [2.24, 2.45) is 0 Å². The first-order chi connectivity index (χ1) is 9.95. The fourth-order valence-electron chi connectivity index (χ4n) is 2.22. The predicted molar refractivity (Wildman–Crippen MR) is 71.4 cm³/mol. The van der Waals surface area contributed by atoms with Crippen molar-refractivity contribution in [1.29, 1.82) is 0 Å². The monoisotopic (exact) mass is 295 g/mol. The van der Waals surface area contributed by atoms with Gasteiger partial charge in [-0.2, -0.15) is 13.2 Å². The highest BCUT2D eigenvalue weighted by Gasteiger charge is 2.37. The van der Waals surface area contributed by atoms with Crippen molar-refractivity contribution >= 4 is 16.7 Å². The molecule has 0 radical (unpaired) electrons. The number of anilines is 1. The van der Waals surface area contributed by atoms with Gasteiger partial charge in [0.25, 0.3) is 0 Å². The number of nitrogens with two attached hydrogens (primary N) is 1. The summed E-state index contributed by atoms with van der Waals surface area (Å²) in [4.78, 5) is 7.54. The molecule has 1 aromatic carbocycles. The molecule has 0 aliphatic carbocycles. The number of hydrogen-bond acceptors (Lipinski definition) is 3. The number of benzene rings is 1. The summed E-state index contributed by atoms with van der Waals surface area (Å²) in [5, 5.41) is 0. The quantitative estimate of drug-likeness (QED) is 0.755. The zero-order valence-electron chi connectivity index (χ0n) is 10.9. The Morgan fingerprint density at radius 1 is 1.19 bits per heavy atom. The average Bonchev–Trinajstić information content (AvgIpc) is 3.01. The Bertz CT molecular complexity index is 758. The van der Waals surface area contributed by atoms with E-state index in [-0.39, 0.29) is 12.1 Å². The zero-order valence-corrected chi connectivity index (χ0v) is 10.9. The van der Waals surface area contributed by atoms with Gasteiger partial charge in [0, 0.05) is 31.2 Å². The maximum Gasteiger partial charge on any atom is 0.449 e. The van der Waals surface area contributed by atoms with Crippen LogP contribution in [0.1, 0.15) is 5.82 Å². The number of nitrogen functional groups attached to an aromatic ring is 1. The highest BCUT2D eigenvalue weighted by molar-refractivity contribution is 5.79. The first-order valence-electron chi connectivity index (χ1n) is 6.24. The van der Waals surface area contributed by atoms with E-state index in [0.717, 1.165) is 4.57 Å². The lowest BCUT2D eigenvalue weighted by atomic mass is 10.3. The molecule has 2 N–H and O–H groups in total. The van der Waals surface area contributed by atoms with E-state index in [0.29, 0.717) is 17.7 Å². The summed E-state index contributed by atoms with van der Waals surface area (Å²) in [5.74, 6) is -0.914. The highest BCUT2D eigenvalue weighted by Crippen LogP contribution is 2.32. The minimum absolute atomic E-state index is 0.144. The van der Waals surface area contributed by atoms with Crippen LogP contribution < -0.4 is 5.73 Å². The third-order valence-electron chi connectivity index (χ3n) is 3.17. The third-order valence-corrected chi connectivity index (χ3v) is 3.17. The number of fused-ring (bicyclic) bond motifs is 1. The first kappa shape index (κ1) is 13.5. The van der Waals surface area contributed by atoms with E-state index in [1.807, 2.05) is 0 Å². The molecule has 5 nitrogen and oxygen atoms in total. The van der Waals surface area contributed by atoms with Gasteiger partial charge in [-0.3, -0.25) is 0 Å². The fraction of sp³-hybridized carbons (Fsp3) is 0.231. The Balaban J connectivity index is 2.05. The lowest BCUT2D eigenvalue weighted by Crippen LogP contribution is -2.17. The van der Waals surface area contributed by atoms with Crippen molar-refractivity contribution < 1.29 is 13.2 Å². The summed E-state index contributed by atoms with van der Waals surface area (Å²) in [5.41, 5.74) is 6.64. The first-order valence-corrected chi connectivity index (χ1v) is 6.24. The van der Waals surface area contributed by atoms with Crippen LogP contribution >= 0.6 is 0 Å². The number of nitrogens with zero attached hydrogens (tertiary/aromatic N) is 4. The Morgan fingerprint density at radius 3 is 2.67 bits per heavy atom. The molecule has 0 aliphatic rings. The van der Waals surface area contributed by atoms with Crippen LogP contribution in [-0.2, 0) is 19.3 Å². The Morgan fingerprint density at radius 2 is 2.00 bits per heavy atom. The van der Waals surface area contributed by atoms with E-state index in [4.69, 9.17) is 5.73 Å². The molecule has 0 saturated heterocycles.